The van der Waals surface area contributed by atoms with E-state index in [1.807, 2.05) is 17.9 Å². The van der Waals surface area contributed by atoms with E-state index in [4.69, 9.17) is 11.6 Å². The molecule has 0 spiro atoms. The predicted molar refractivity (Wildman–Crippen MR) is 87.6 cm³/mol. The molecule has 0 saturated carbocycles. The molecule has 9 heteroatoms. The lowest BCUT2D eigenvalue weighted by atomic mass is 10.1. The number of nitrogens with one attached hydrogen (secondary N) is 1. The van der Waals surface area contributed by atoms with Gasteiger partial charge in [-0.25, -0.2) is 9.97 Å². The zero-order chi connectivity index (χ0) is 17.1. The molecule has 2 aromatic heterocycles. The number of aliphatic hydroxyl groups is 1. The number of carbonyl (C=O) groups excluding carboxylic acids is 1. The third-order valence-corrected chi connectivity index (χ3v) is 4.25. The highest BCUT2D eigenvalue weighted by Crippen LogP contribution is 2.17. The molecule has 2 aromatic rings. The van der Waals surface area contributed by atoms with Crippen LogP contribution < -0.4 is 5.32 Å². The van der Waals surface area contributed by atoms with Crippen molar-refractivity contribution in [3.63, 3.8) is 0 Å². The summed E-state index contributed by atoms with van der Waals surface area (Å²) in [5.74, 6) is -0.383. The molecule has 0 bridgehead atoms. The Morgan fingerprint density at radius 2 is 2.33 bits per heavy atom. The summed E-state index contributed by atoms with van der Waals surface area (Å²) in [6, 6.07) is 1.39. The van der Waals surface area contributed by atoms with E-state index in [1.165, 1.54) is 23.7 Å². The van der Waals surface area contributed by atoms with E-state index in [-0.39, 0.29) is 23.3 Å². The quantitative estimate of drug-likeness (QED) is 0.738. The molecule has 1 aliphatic heterocycles. The molecule has 128 valence electrons. The highest BCUT2D eigenvalue weighted by molar-refractivity contribution is 6.29. The third-order valence-electron chi connectivity index (χ3n) is 4.04. The molecule has 0 unspecified atom stereocenters. The minimum Gasteiger partial charge on any atom is -0.390 e. The van der Waals surface area contributed by atoms with E-state index in [0.717, 1.165) is 19.5 Å². The second kappa shape index (κ2) is 7.25. The van der Waals surface area contributed by atoms with Crippen molar-refractivity contribution in [1.29, 1.82) is 0 Å². The molecule has 3 rings (SSSR count). The summed E-state index contributed by atoms with van der Waals surface area (Å²) in [6.45, 7) is 2.25. The van der Waals surface area contributed by atoms with E-state index in [0.29, 0.717) is 6.54 Å². The number of carbonyl (C=O) groups is 1. The van der Waals surface area contributed by atoms with Crippen LogP contribution >= 0.6 is 11.6 Å². The molecule has 0 aliphatic carbocycles. The summed E-state index contributed by atoms with van der Waals surface area (Å²) in [7, 11) is 1.94. The molecule has 24 heavy (non-hydrogen) atoms. The largest absolute Gasteiger partial charge is 0.390 e. The van der Waals surface area contributed by atoms with Gasteiger partial charge in [0.15, 0.2) is 0 Å². The zero-order valence-corrected chi connectivity index (χ0v) is 14.1. The van der Waals surface area contributed by atoms with Gasteiger partial charge in [0, 0.05) is 57.0 Å². The number of aromatic nitrogens is 4. The Hall–Kier alpha value is -2.03. The van der Waals surface area contributed by atoms with Crippen LogP contribution in [0.3, 0.4) is 0 Å². The van der Waals surface area contributed by atoms with Crippen molar-refractivity contribution in [3.05, 3.63) is 40.7 Å². The number of β-amino-alcohol motifs (C(OH)–C–C–N with tert-alkyl or cyclic N) is 1. The maximum Gasteiger partial charge on any atom is 0.270 e. The topological polar surface area (TPSA) is 96.2 Å². The van der Waals surface area contributed by atoms with Crippen LogP contribution in [0.4, 0.5) is 0 Å². The Bertz CT molecular complexity index is 735. The van der Waals surface area contributed by atoms with Crippen molar-refractivity contribution in [1.82, 2.24) is 30.0 Å². The molecule has 2 N–H and O–H groups in total. The summed E-state index contributed by atoms with van der Waals surface area (Å²) in [5, 5.41) is 17.3. The molecule has 8 nitrogen and oxygen atoms in total. The monoisotopic (exact) mass is 350 g/mol. The van der Waals surface area contributed by atoms with Gasteiger partial charge in [0.25, 0.3) is 5.91 Å². The van der Waals surface area contributed by atoms with E-state index in [2.05, 4.69) is 25.3 Å². The van der Waals surface area contributed by atoms with Crippen molar-refractivity contribution in [2.75, 3.05) is 19.6 Å². The first kappa shape index (κ1) is 16.8. The molecule has 3 heterocycles. The first-order valence-electron chi connectivity index (χ1n) is 7.69. The molecule has 1 aliphatic rings. The molecule has 0 saturated heterocycles. The van der Waals surface area contributed by atoms with Crippen LogP contribution in [0.5, 0.6) is 0 Å². The Labute approximate surface area is 144 Å². The fraction of sp³-hybridized carbons (Fsp3) is 0.467. The van der Waals surface area contributed by atoms with Crippen molar-refractivity contribution in [3.8, 4) is 0 Å². The maximum atomic E-state index is 12.0. The fourth-order valence-corrected chi connectivity index (χ4v) is 2.97. The first-order valence-corrected chi connectivity index (χ1v) is 8.06. The molecule has 0 aromatic carbocycles. The second-order valence-electron chi connectivity index (χ2n) is 5.82. The smallest absolute Gasteiger partial charge is 0.270 e. The molecular formula is C15H19ClN6O2. The lowest BCUT2D eigenvalue weighted by molar-refractivity contribution is 0.0836. The summed E-state index contributed by atoms with van der Waals surface area (Å²) in [4.78, 5) is 21.7. The number of rotatable bonds is 5. The average molecular weight is 351 g/mol. The number of nitrogens with zero attached hydrogens (tertiary/aromatic N) is 5. The standard InChI is InChI=1S/C15H19ClN6O2/c1-21-13-2-3-22(7-10(13)5-20-21)8-11(23)6-17-15(24)12-4-14(16)19-9-18-12/h4-5,9,11,23H,2-3,6-8H2,1H3,(H,17,24)/t11-/m0/s1. The third kappa shape index (κ3) is 3.89. The van der Waals surface area contributed by atoms with Gasteiger partial charge in [-0.1, -0.05) is 11.6 Å². The predicted octanol–water partition coefficient (Wildman–Crippen LogP) is 0.0125. The van der Waals surface area contributed by atoms with E-state index in [1.54, 1.807) is 0 Å². The van der Waals surface area contributed by atoms with Gasteiger partial charge in [0.1, 0.15) is 17.2 Å². The Morgan fingerprint density at radius 3 is 3.12 bits per heavy atom. The van der Waals surface area contributed by atoms with Gasteiger partial charge in [-0.2, -0.15) is 5.10 Å². The van der Waals surface area contributed by atoms with Gasteiger partial charge >= 0.3 is 0 Å². The van der Waals surface area contributed by atoms with Crippen molar-refractivity contribution in [2.24, 2.45) is 7.05 Å². The highest BCUT2D eigenvalue weighted by atomic mass is 35.5. The van der Waals surface area contributed by atoms with Crippen LogP contribution in [0.1, 0.15) is 21.7 Å². The van der Waals surface area contributed by atoms with E-state index in [9.17, 15) is 9.90 Å². The van der Waals surface area contributed by atoms with Crippen molar-refractivity contribution < 1.29 is 9.90 Å². The molecule has 0 fully saturated rings. The number of aliphatic hydroxyl groups excluding tert-OH is 1. The number of amides is 1. The van der Waals surface area contributed by atoms with Gasteiger partial charge in [-0.15, -0.1) is 0 Å². The van der Waals surface area contributed by atoms with Crippen molar-refractivity contribution in [2.45, 2.75) is 19.1 Å². The van der Waals surface area contributed by atoms with Crippen molar-refractivity contribution >= 4 is 17.5 Å². The lowest BCUT2D eigenvalue weighted by Gasteiger charge is -2.28. The first-order chi connectivity index (χ1) is 11.5. The number of aryl methyl sites for hydroxylation is 1. The fourth-order valence-electron chi connectivity index (χ4n) is 2.82. The molecular weight excluding hydrogens is 332 g/mol. The molecule has 1 amide bonds. The number of hydrogen-bond acceptors (Lipinski definition) is 6. The SMILES string of the molecule is Cn1ncc2c1CCN(C[C@@H](O)CNC(=O)c1cc(Cl)ncn1)C2. The normalized spacial score (nSPS) is 15.8. The van der Waals surface area contributed by atoms with Crippen LogP contribution in [0, 0.1) is 0 Å². The van der Waals surface area contributed by atoms with Crippen LogP contribution in [-0.2, 0) is 20.0 Å². The molecule has 0 radical (unpaired) electrons. The maximum absolute atomic E-state index is 12.0. The van der Waals surface area contributed by atoms with E-state index < -0.39 is 6.10 Å². The number of halogens is 1. The minimum atomic E-state index is -0.663. The van der Waals surface area contributed by atoms with Crippen LogP contribution in [0.25, 0.3) is 0 Å². The Kier molecular flexibility index (Phi) is 5.08. The van der Waals surface area contributed by atoms with Gasteiger partial charge in [-0.05, 0) is 0 Å². The second-order valence-corrected chi connectivity index (χ2v) is 6.20. The van der Waals surface area contributed by atoms with E-state index >= 15 is 0 Å². The summed E-state index contributed by atoms with van der Waals surface area (Å²) in [6.07, 6.45) is 3.34. The van der Waals surface area contributed by atoms with Gasteiger partial charge in [0.2, 0.25) is 0 Å². The lowest BCUT2D eigenvalue weighted by Crippen LogP contribution is -2.42. The summed E-state index contributed by atoms with van der Waals surface area (Å²) >= 11 is 5.73. The number of hydrogen-bond donors (Lipinski definition) is 2. The van der Waals surface area contributed by atoms with Gasteiger partial charge in [-0.3, -0.25) is 14.4 Å². The Morgan fingerprint density at radius 1 is 1.50 bits per heavy atom. The average Bonchev–Trinajstić information content (AvgIpc) is 2.93. The van der Waals surface area contributed by atoms with Crippen LogP contribution in [-0.4, -0.2) is 61.4 Å². The molecule has 1 atom stereocenters. The number of fused-ring (bicyclic) bond motifs is 1. The minimum absolute atomic E-state index is 0.150. The van der Waals surface area contributed by atoms with Crippen LogP contribution in [0.2, 0.25) is 5.15 Å². The summed E-state index contributed by atoms with van der Waals surface area (Å²) < 4.78 is 1.90. The Balaban J connectivity index is 1.48. The van der Waals surface area contributed by atoms with Gasteiger partial charge in [0.05, 0.1) is 12.3 Å². The summed E-state index contributed by atoms with van der Waals surface area (Å²) in [5.41, 5.74) is 2.62. The zero-order valence-electron chi connectivity index (χ0n) is 13.3. The highest BCUT2D eigenvalue weighted by Gasteiger charge is 2.21. The van der Waals surface area contributed by atoms with Crippen LogP contribution in [0.15, 0.2) is 18.6 Å². The van der Waals surface area contributed by atoms with Gasteiger partial charge < -0.3 is 10.4 Å².